The van der Waals surface area contributed by atoms with Crippen LogP contribution in [0.2, 0.25) is 6.32 Å². The van der Waals surface area contributed by atoms with Gasteiger partial charge in [-0.05, 0) is 12.2 Å². The second kappa shape index (κ2) is 12.9. The summed E-state index contributed by atoms with van der Waals surface area (Å²) in [5.41, 5.74) is 0. The van der Waals surface area contributed by atoms with Gasteiger partial charge in [-0.3, -0.25) is 0 Å². The van der Waals surface area contributed by atoms with E-state index in [9.17, 15) is 0 Å². The average molecular weight is 204 g/mol. The molecule has 0 unspecified atom stereocenters. The van der Waals surface area contributed by atoms with E-state index >= 15 is 0 Å². The van der Waals surface area contributed by atoms with E-state index in [1.54, 1.807) is 0 Å². The fourth-order valence-electron chi connectivity index (χ4n) is 0.946. The molecule has 1 rings (SSSR count). The molecule has 0 saturated carbocycles. The SMILES string of the molecule is CC.CC.C[C@@H](CO)CB1OCCO1. The Bertz CT molecular complexity index is 95.4. The molecule has 0 aromatic rings. The zero-order valence-electron chi connectivity index (χ0n) is 10.2. The maximum absolute atomic E-state index is 8.68. The predicted octanol–water partition coefficient (Wildman–Crippen LogP) is 2.20. The Morgan fingerprint density at radius 3 is 1.93 bits per heavy atom. The fraction of sp³-hybridized carbons (Fsp3) is 1.00. The fourth-order valence-corrected chi connectivity index (χ4v) is 0.946. The highest BCUT2D eigenvalue weighted by atomic mass is 16.6. The van der Waals surface area contributed by atoms with Crippen LogP contribution in [-0.2, 0) is 9.31 Å². The number of hydrogen-bond donors (Lipinski definition) is 1. The molecule has 1 atom stereocenters. The average Bonchev–Trinajstić information content (AvgIpc) is 2.76. The quantitative estimate of drug-likeness (QED) is 0.716. The molecule has 86 valence electrons. The molecular weight excluding hydrogens is 179 g/mol. The summed E-state index contributed by atoms with van der Waals surface area (Å²) < 4.78 is 10.4. The highest BCUT2D eigenvalue weighted by Crippen LogP contribution is 2.11. The lowest BCUT2D eigenvalue weighted by atomic mass is 9.79. The van der Waals surface area contributed by atoms with Gasteiger partial charge in [-0.25, -0.2) is 0 Å². The van der Waals surface area contributed by atoms with E-state index in [1.807, 2.05) is 34.6 Å². The molecule has 0 aliphatic carbocycles. The van der Waals surface area contributed by atoms with Crippen molar-refractivity contribution < 1.29 is 14.4 Å². The summed E-state index contributed by atoms with van der Waals surface area (Å²) in [5, 5.41) is 8.68. The molecule has 3 nitrogen and oxygen atoms in total. The molecule has 0 aromatic heterocycles. The first-order chi connectivity index (χ1) is 6.83. The number of aliphatic hydroxyl groups excluding tert-OH is 1. The Morgan fingerprint density at radius 1 is 1.14 bits per heavy atom. The maximum Gasteiger partial charge on any atom is 0.457 e. The minimum atomic E-state index is -0.0675. The van der Waals surface area contributed by atoms with Gasteiger partial charge in [-0.2, -0.15) is 0 Å². The van der Waals surface area contributed by atoms with E-state index in [4.69, 9.17) is 14.4 Å². The Kier molecular flexibility index (Phi) is 15.1. The molecule has 1 aliphatic rings. The molecule has 0 amide bonds. The number of hydrogen-bond acceptors (Lipinski definition) is 3. The molecule has 4 heteroatoms. The van der Waals surface area contributed by atoms with E-state index in [0.717, 1.165) is 6.32 Å². The lowest BCUT2D eigenvalue weighted by molar-refractivity contribution is 0.239. The first-order valence-corrected chi connectivity index (χ1v) is 5.67. The Hall–Kier alpha value is -0.0551. The Morgan fingerprint density at radius 2 is 1.57 bits per heavy atom. The molecule has 1 saturated heterocycles. The summed E-state index contributed by atoms with van der Waals surface area (Å²) >= 11 is 0. The third-order valence-corrected chi connectivity index (χ3v) is 1.60. The minimum absolute atomic E-state index is 0.0675. The van der Waals surface area contributed by atoms with Crippen molar-refractivity contribution in [3.05, 3.63) is 0 Å². The van der Waals surface area contributed by atoms with E-state index in [2.05, 4.69) is 0 Å². The normalized spacial score (nSPS) is 16.3. The van der Waals surface area contributed by atoms with Crippen LogP contribution >= 0.6 is 0 Å². The summed E-state index contributed by atoms with van der Waals surface area (Å²) in [6.45, 7) is 11.6. The third-order valence-electron chi connectivity index (χ3n) is 1.60. The zero-order chi connectivity index (χ0) is 11.4. The summed E-state index contributed by atoms with van der Waals surface area (Å²) in [4.78, 5) is 0. The molecule has 1 fully saturated rings. The molecule has 0 bridgehead atoms. The van der Waals surface area contributed by atoms with Crippen molar-refractivity contribution >= 4 is 7.12 Å². The second-order valence-corrected chi connectivity index (χ2v) is 2.69. The largest absolute Gasteiger partial charge is 0.457 e. The standard InChI is InChI=1S/C6H13BO3.2C2H6/c1-6(5-8)4-7-9-2-3-10-7;2*1-2/h6,8H,2-5H2,1H3;2*1-2H3/t6-;;/m1../s1. The van der Waals surface area contributed by atoms with Gasteiger partial charge in [-0.1, -0.05) is 34.6 Å². The van der Waals surface area contributed by atoms with Crippen molar-refractivity contribution in [1.82, 2.24) is 0 Å². The lowest BCUT2D eigenvalue weighted by Gasteiger charge is -2.07. The van der Waals surface area contributed by atoms with Crippen LogP contribution in [0.3, 0.4) is 0 Å². The lowest BCUT2D eigenvalue weighted by Crippen LogP contribution is -2.18. The van der Waals surface area contributed by atoms with E-state index in [1.165, 1.54) is 0 Å². The van der Waals surface area contributed by atoms with E-state index in [-0.39, 0.29) is 19.6 Å². The van der Waals surface area contributed by atoms with E-state index in [0.29, 0.717) is 13.2 Å². The van der Waals surface area contributed by atoms with Crippen LogP contribution in [0.5, 0.6) is 0 Å². The van der Waals surface area contributed by atoms with Gasteiger partial charge < -0.3 is 14.4 Å². The molecular formula is C10H25BO3. The number of aliphatic hydroxyl groups is 1. The van der Waals surface area contributed by atoms with Gasteiger partial charge in [0.1, 0.15) is 0 Å². The zero-order valence-corrected chi connectivity index (χ0v) is 10.2. The van der Waals surface area contributed by atoms with Crippen molar-refractivity contribution in [2.24, 2.45) is 5.92 Å². The van der Waals surface area contributed by atoms with Crippen LogP contribution in [0, 0.1) is 5.92 Å². The molecule has 1 N–H and O–H groups in total. The van der Waals surface area contributed by atoms with Crippen molar-refractivity contribution in [3.63, 3.8) is 0 Å². The minimum Gasteiger partial charge on any atom is -0.409 e. The van der Waals surface area contributed by atoms with Gasteiger partial charge in [0.15, 0.2) is 0 Å². The monoisotopic (exact) mass is 204 g/mol. The van der Waals surface area contributed by atoms with Crippen LogP contribution in [0.25, 0.3) is 0 Å². The molecule has 0 radical (unpaired) electrons. The van der Waals surface area contributed by atoms with Crippen LogP contribution in [0.15, 0.2) is 0 Å². The molecule has 1 aliphatic heterocycles. The van der Waals surface area contributed by atoms with Crippen molar-refractivity contribution in [2.45, 2.75) is 40.9 Å². The summed E-state index contributed by atoms with van der Waals surface area (Å²) in [6, 6.07) is 0. The van der Waals surface area contributed by atoms with Gasteiger partial charge in [0.25, 0.3) is 0 Å². The molecule has 0 spiro atoms. The number of rotatable bonds is 3. The smallest absolute Gasteiger partial charge is 0.409 e. The van der Waals surface area contributed by atoms with Crippen molar-refractivity contribution in [3.8, 4) is 0 Å². The first kappa shape index (κ1) is 16.4. The summed E-state index contributed by atoms with van der Waals surface area (Å²) in [5.74, 6) is 0.281. The summed E-state index contributed by atoms with van der Waals surface area (Å²) in [6.07, 6.45) is 0.802. The molecule has 1 heterocycles. The van der Waals surface area contributed by atoms with E-state index < -0.39 is 0 Å². The van der Waals surface area contributed by atoms with Crippen LogP contribution in [-0.4, -0.2) is 32.0 Å². The van der Waals surface area contributed by atoms with Gasteiger partial charge in [0.2, 0.25) is 0 Å². The van der Waals surface area contributed by atoms with Crippen molar-refractivity contribution in [2.75, 3.05) is 19.8 Å². The van der Waals surface area contributed by atoms with Crippen LogP contribution in [0.4, 0.5) is 0 Å². The van der Waals surface area contributed by atoms with Crippen LogP contribution in [0.1, 0.15) is 34.6 Å². The Balaban J connectivity index is 0. The highest BCUT2D eigenvalue weighted by molar-refractivity contribution is 6.44. The van der Waals surface area contributed by atoms with Gasteiger partial charge in [-0.15, -0.1) is 0 Å². The topological polar surface area (TPSA) is 38.7 Å². The van der Waals surface area contributed by atoms with Crippen LogP contribution < -0.4 is 0 Å². The predicted molar refractivity (Wildman–Crippen MR) is 61.4 cm³/mol. The third kappa shape index (κ3) is 8.54. The van der Waals surface area contributed by atoms with Gasteiger partial charge in [0, 0.05) is 6.61 Å². The van der Waals surface area contributed by atoms with Gasteiger partial charge in [0.05, 0.1) is 13.2 Å². The molecule has 14 heavy (non-hydrogen) atoms. The molecule has 0 aromatic carbocycles. The maximum atomic E-state index is 8.68. The Labute approximate surface area is 88.9 Å². The van der Waals surface area contributed by atoms with Crippen molar-refractivity contribution in [1.29, 1.82) is 0 Å². The summed E-state index contributed by atoms with van der Waals surface area (Å²) in [7, 11) is -0.0675. The second-order valence-electron chi connectivity index (χ2n) is 2.69. The highest BCUT2D eigenvalue weighted by Gasteiger charge is 2.25. The van der Waals surface area contributed by atoms with Gasteiger partial charge >= 0.3 is 7.12 Å². The first-order valence-electron chi connectivity index (χ1n) is 5.67.